The Kier molecular flexibility index (Phi) is 8.20. The van der Waals surface area contributed by atoms with Gasteiger partial charge in [0.25, 0.3) is 0 Å². The van der Waals surface area contributed by atoms with Crippen molar-refractivity contribution < 1.29 is 4.42 Å². The highest BCUT2D eigenvalue weighted by atomic mass is 16.3. The van der Waals surface area contributed by atoms with E-state index < -0.39 is 0 Å². The number of hydrogen-bond donors (Lipinski definition) is 0. The summed E-state index contributed by atoms with van der Waals surface area (Å²) in [4.78, 5) is 4.76. The van der Waals surface area contributed by atoms with Gasteiger partial charge in [-0.15, -0.1) is 0 Å². The third kappa shape index (κ3) is 5.59. The van der Waals surface area contributed by atoms with Crippen molar-refractivity contribution in [3.8, 4) is 22.3 Å². The van der Waals surface area contributed by atoms with Crippen LogP contribution in [0.3, 0.4) is 0 Å². The van der Waals surface area contributed by atoms with Crippen molar-refractivity contribution in [1.29, 1.82) is 0 Å². The predicted molar refractivity (Wildman–Crippen MR) is 261 cm³/mol. The van der Waals surface area contributed by atoms with Gasteiger partial charge in [0.2, 0.25) is 0 Å². The Labute approximate surface area is 361 Å². The monoisotopic (exact) mass is 794 g/mol. The second-order valence-corrected chi connectivity index (χ2v) is 16.9. The summed E-state index contributed by atoms with van der Waals surface area (Å²) in [7, 11) is 0. The Bertz CT molecular complexity index is 3500. The maximum absolute atomic E-state index is 6.63. The Morgan fingerprint density at radius 3 is 1.76 bits per heavy atom. The van der Waals surface area contributed by atoms with E-state index in [0.717, 1.165) is 56.1 Å². The van der Waals surface area contributed by atoms with Crippen molar-refractivity contribution in [2.75, 3.05) is 9.80 Å². The van der Waals surface area contributed by atoms with E-state index in [2.05, 4.69) is 236 Å². The molecule has 0 radical (unpaired) electrons. The normalized spacial score (nSPS) is 12.8. The number of hydrogen-bond acceptors (Lipinski definition) is 3. The van der Waals surface area contributed by atoms with Crippen LogP contribution in [0.25, 0.3) is 65.7 Å². The van der Waals surface area contributed by atoms with Gasteiger partial charge >= 0.3 is 0 Å². The fourth-order valence-corrected chi connectivity index (χ4v) is 10.1. The molecule has 11 aromatic rings. The molecule has 0 atom stereocenters. The van der Waals surface area contributed by atoms with Crippen LogP contribution in [0.15, 0.2) is 223 Å². The van der Waals surface area contributed by atoms with E-state index in [4.69, 9.17) is 4.42 Å². The number of para-hydroxylation sites is 5. The molecular formula is C59H42N2O. The van der Waals surface area contributed by atoms with Gasteiger partial charge in [-0.2, -0.15) is 0 Å². The SMILES string of the molecule is CC1(C)c2cc(N(c3ccccc3)c3ccccc3-c3ccccc3)ccc2-c2cc3ccc(N(c4ccccc4)c4cccc5c4oc4ccccc45)cc3c3cccc1c23. The number of rotatable bonds is 7. The van der Waals surface area contributed by atoms with Crippen LogP contribution in [-0.2, 0) is 5.41 Å². The van der Waals surface area contributed by atoms with Crippen molar-refractivity contribution in [3.05, 3.63) is 230 Å². The molecule has 1 heterocycles. The lowest BCUT2D eigenvalue weighted by Crippen LogP contribution is -2.24. The fraction of sp³-hybridized carbons (Fsp3) is 0.0508. The summed E-state index contributed by atoms with van der Waals surface area (Å²) in [5.74, 6) is 0. The number of nitrogens with zero attached hydrogens (tertiary/aromatic N) is 2. The number of benzene rings is 10. The molecule has 62 heavy (non-hydrogen) atoms. The molecule has 0 amide bonds. The quantitative estimate of drug-likeness (QED) is 0.150. The highest BCUT2D eigenvalue weighted by Crippen LogP contribution is 2.53. The summed E-state index contributed by atoms with van der Waals surface area (Å²) >= 11 is 0. The molecule has 294 valence electrons. The minimum Gasteiger partial charge on any atom is -0.454 e. The van der Waals surface area contributed by atoms with Crippen molar-refractivity contribution >= 4 is 77.6 Å². The van der Waals surface area contributed by atoms with Crippen molar-refractivity contribution in [1.82, 2.24) is 0 Å². The highest BCUT2D eigenvalue weighted by Gasteiger charge is 2.35. The van der Waals surface area contributed by atoms with Crippen molar-refractivity contribution in [2.45, 2.75) is 19.3 Å². The van der Waals surface area contributed by atoms with Crippen LogP contribution in [0.2, 0.25) is 0 Å². The molecule has 0 saturated heterocycles. The Hall–Kier alpha value is -7.88. The third-order valence-corrected chi connectivity index (χ3v) is 13.0. The first-order valence-electron chi connectivity index (χ1n) is 21.4. The van der Waals surface area contributed by atoms with Gasteiger partial charge in [-0.3, -0.25) is 0 Å². The number of furan rings is 1. The molecular weight excluding hydrogens is 753 g/mol. The van der Waals surface area contributed by atoms with E-state index >= 15 is 0 Å². The van der Waals surface area contributed by atoms with Gasteiger partial charge in [-0.25, -0.2) is 0 Å². The first-order chi connectivity index (χ1) is 30.5. The lowest BCUT2D eigenvalue weighted by atomic mass is 9.68. The summed E-state index contributed by atoms with van der Waals surface area (Å²) in [6, 6.07) is 79.0. The predicted octanol–water partition coefficient (Wildman–Crippen LogP) is 16.8. The molecule has 1 aromatic heterocycles. The average molecular weight is 795 g/mol. The Balaban J connectivity index is 1.04. The molecule has 3 nitrogen and oxygen atoms in total. The van der Waals surface area contributed by atoms with Crippen LogP contribution in [-0.4, -0.2) is 0 Å². The first kappa shape index (κ1) is 36.0. The van der Waals surface area contributed by atoms with Gasteiger partial charge in [0, 0.05) is 44.5 Å². The van der Waals surface area contributed by atoms with Gasteiger partial charge in [0.15, 0.2) is 5.58 Å². The standard InChI is InChI=1S/C59H42N2O/c1-59(2)52-28-16-26-48-50-37-43(61(42-22-10-5-11-23-42)55-30-17-27-49-47-25-13-15-31-56(47)62-58(49)55)33-32-40(50)36-51(57(48)52)46-35-34-44(38-53(46)59)60(41-20-8-4-9-21-41)54-29-14-12-24-45(54)39-18-6-3-7-19-39/h3-38H,1-2H3. The van der Waals surface area contributed by atoms with Gasteiger partial charge in [0.1, 0.15) is 5.58 Å². The van der Waals surface area contributed by atoms with E-state index in [0.29, 0.717) is 0 Å². The summed E-state index contributed by atoms with van der Waals surface area (Å²) < 4.78 is 6.63. The molecule has 0 spiro atoms. The molecule has 1 aliphatic rings. The van der Waals surface area contributed by atoms with Crippen LogP contribution in [0.4, 0.5) is 34.1 Å². The molecule has 1 aliphatic carbocycles. The van der Waals surface area contributed by atoms with E-state index in [-0.39, 0.29) is 5.41 Å². The largest absolute Gasteiger partial charge is 0.454 e. The van der Waals surface area contributed by atoms with E-state index in [1.54, 1.807) is 0 Å². The molecule has 0 fully saturated rings. The van der Waals surface area contributed by atoms with Gasteiger partial charge in [0.05, 0.1) is 11.4 Å². The maximum Gasteiger partial charge on any atom is 0.159 e. The summed E-state index contributed by atoms with van der Waals surface area (Å²) in [5.41, 5.74) is 15.6. The zero-order chi connectivity index (χ0) is 41.4. The number of fused-ring (bicyclic) bond motifs is 7. The maximum atomic E-state index is 6.63. The molecule has 0 N–H and O–H groups in total. The van der Waals surface area contributed by atoms with Crippen LogP contribution in [0.1, 0.15) is 25.0 Å². The third-order valence-electron chi connectivity index (χ3n) is 13.0. The molecule has 0 aliphatic heterocycles. The zero-order valence-electron chi connectivity index (χ0n) is 34.6. The minimum atomic E-state index is -0.280. The second kappa shape index (κ2) is 14.1. The van der Waals surface area contributed by atoms with Gasteiger partial charge in [-0.1, -0.05) is 159 Å². The Morgan fingerprint density at radius 2 is 0.968 bits per heavy atom. The molecule has 10 aromatic carbocycles. The van der Waals surface area contributed by atoms with Crippen LogP contribution in [0, 0.1) is 0 Å². The topological polar surface area (TPSA) is 19.6 Å². The summed E-state index contributed by atoms with van der Waals surface area (Å²) in [6.45, 7) is 4.79. The average Bonchev–Trinajstić information content (AvgIpc) is 3.72. The molecule has 12 rings (SSSR count). The lowest BCUT2D eigenvalue weighted by molar-refractivity contribution is 0.645. The van der Waals surface area contributed by atoms with Gasteiger partial charge < -0.3 is 14.2 Å². The lowest BCUT2D eigenvalue weighted by Gasteiger charge is -2.37. The van der Waals surface area contributed by atoms with E-state index in [1.807, 2.05) is 6.07 Å². The molecule has 0 bridgehead atoms. The van der Waals surface area contributed by atoms with Crippen molar-refractivity contribution in [2.24, 2.45) is 0 Å². The molecule has 0 unspecified atom stereocenters. The highest BCUT2D eigenvalue weighted by molar-refractivity contribution is 6.18. The zero-order valence-corrected chi connectivity index (χ0v) is 34.6. The smallest absolute Gasteiger partial charge is 0.159 e. The molecule has 0 saturated carbocycles. The van der Waals surface area contributed by atoms with Crippen LogP contribution >= 0.6 is 0 Å². The first-order valence-corrected chi connectivity index (χ1v) is 21.4. The van der Waals surface area contributed by atoms with Crippen LogP contribution < -0.4 is 9.80 Å². The van der Waals surface area contributed by atoms with Crippen molar-refractivity contribution in [3.63, 3.8) is 0 Å². The Morgan fingerprint density at radius 1 is 0.371 bits per heavy atom. The van der Waals surface area contributed by atoms with E-state index in [1.165, 1.54) is 54.9 Å². The van der Waals surface area contributed by atoms with Crippen LogP contribution in [0.5, 0.6) is 0 Å². The molecule has 3 heteroatoms. The van der Waals surface area contributed by atoms with E-state index in [9.17, 15) is 0 Å². The van der Waals surface area contributed by atoms with Gasteiger partial charge in [-0.05, 0) is 122 Å². The summed E-state index contributed by atoms with van der Waals surface area (Å²) in [5, 5.41) is 7.25. The fourth-order valence-electron chi connectivity index (χ4n) is 10.1. The number of anilines is 6. The second-order valence-electron chi connectivity index (χ2n) is 16.9. The summed E-state index contributed by atoms with van der Waals surface area (Å²) in [6.07, 6.45) is 0. The minimum absolute atomic E-state index is 0.280.